The largest absolute Gasteiger partial charge is 0.398 e. The van der Waals surface area contributed by atoms with Crippen LogP contribution in [0.1, 0.15) is 5.56 Å². The Balaban J connectivity index is 2.95. The zero-order chi connectivity index (χ0) is 9.42. The van der Waals surface area contributed by atoms with Crippen molar-refractivity contribution in [3.8, 4) is 6.07 Å². The predicted molar refractivity (Wildman–Crippen MR) is 58.2 cm³/mol. The number of nitrogens with two attached hydrogens (primary N) is 1. The molecule has 4 heteroatoms. The van der Waals surface area contributed by atoms with Gasteiger partial charge in [0.1, 0.15) is 6.07 Å². The molecule has 0 radical (unpaired) electrons. The van der Waals surface area contributed by atoms with E-state index in [0.717, 1.165) is 10.1 Å². The number of nitrogens with zero attached hydrogens (tertiary/aromatic N) is 1. The summed E-state index contributed by atoms with van der Waals surface area (Å²) in [6.45, 7) is 0. The molecular formula is C9H6N2S2. The molecule has 1 aromatic carbocycles. The lowest BCUT2D eigenvalue weighted by molar-refractivity contribution is 1.43. The molecule has 0 aliphatic carbocycles. The van der Waals surface area contributed by atoms with Gasteiger partial charge in [-0.1, -0.05) is 0 Å². The molecule has 0 saturated carbocycles. The van der Waals surface area contributed by atoms with Crippen LogP contribution in [0.25, 0.3) is 10.1 Å². The summed E-state index contributed by atoms with van der Waals surface area (Å²) >= 11 is 5.86. The van der Waals surface area contributed by atoms with Crippen molar-refractivity contribution in [1.82, 2.24) is 0 Å². The van der Waals surface area contributed by atoms with Crippen LogP contribution in [0.3, 0.4) is 0 Å². The summed E-state index contributed by atoms with van der Waals surface area (Å²) in [5.74, 6) is 0. The van der Waals surface area contributed by atoms with Crippen LogP contribution >= 0.6 is 24.0 Å². The Morgan fingerprint density at radius 3 is 3.00 bits per heavy atom. The Morgan fingerprint density at radius 2 is 2.31 bits per heavy atom. The number of hydrogen-bond donors (Lipinski definition) is 2. The molecule has 0 spiro atoms. The van der Waals surface area contributed by atoms with Crippen LogP contribution in [0.2, 0.25) is 0 Å². The van der Waals surface area contributed by atoms with Gasteiger partial charge in [-0.25, -0.2) is 0 Å². The van der Waals surface area contributed by atoms with Crippen molar-refractivity contribution in [2.75, 3.05) is 5.73 Å². The highest BCUT2D eigenvalue weighted by atomic mass is 32.1. The Kier molecular flexibility index (Phi) is 1.91. The molecule has 64 valence electrons. The summed E-state index contributed by atoms with van der Waals surface area (Å²) in [6, 6.07) is 5.83. The Hall–Kier alpha value is -1.18. The average Bonchev–Trinajstić information content (AvgIpc) is 2.53. The zero-order valence-electron chi connectivity index (χ0n) is 6.61. The number of benzene rings is 1. The first-order valence-electron chi connectivity index (χ1n) is 3.63. The van der Waals surface area contributed by atoms with E-state index in [1.54, 1.807) is 11.3 Å². The van der Waals surface area contributed by atoms with Crippen LogP contribution < -0.4 is 5.73 Å². The van der Waals surface area contributed by atoms with Crippen LogP contribution in [-0.4, -0.2) is 0 Å². The summed E-state index contributed by atoms with van der Waals surface area (Å²) in [4.78, 5) is 0.688. The van der Waals surface area contributed by atoms with E-state index in [2.05, 4.69) is 18.7 Å². The van der Waals surface area contributed by atoms with E-state index in [4.69, 9.17) is 11.0 Å². The lowest BCUT2D eigenvalue weighted by Gasteiger charge is -2.01. The molecule has 0 unspecified atom stereocenters. The Labute approximate surface area is 85.0 Å². The molecule has 13 heavy (non-hydrogen) atoms. The summed E-state index contributed by atoms with van der Waals surface area (Å²) in [5.41, 5.74) is 6.66. The third-order valence-electron chi connectivity index (χ3n) is 1.86. The Morgan fingerprint density at radius 1 is 1.54 bits per heavy atom. The number of rotatable bonds is 0. The van der Waals surface area contributed by atoms with E-state index in [1.807, 2.05) is 17.5 Å². The first-order valence-corrected chi connectivity index (χ1v) is 4.95. The van der Waals surface area contributed by atoms with Crippen molar-refractivity contribution in [1.29, 1.82) is 5.26 Å². The van der Waals surface area contributed by atoms with E-state index >= 15 is 0 Å². The quantitative estimate of drug-likeness (QED) is 0.514. The molecule has 0 amide bonds. The predicted octanol–water partition coefficient (Wildman–Crippen LogP) is 2.64. The minimum atomic E-state index is 0.471. The molecule has 0 aliphatic heterocycles. The van der Waals surface area contributed by atoms with Gasteiger partial charge in [-0.2, -0.15) is 5.26 Å². The van der Waals surface area contributed by atoms with Crippen LogP contribution in [-0.2, 0) is 0 Å². The monoisotopic (exact) mass is 206 g/mol. The van der Waals surface area contributed by atoms with Crippen LogP contribution in [0.15, 0.2) is 22.4 Å². The number of anilines is 1. The summed E-state index contributed by atoms with van der Waals surface area (Å²) < 4.78 is 1.02. The van der Waals surface area contributed by atoms with E-state index < -0.39 is 0 Å². The molecule has 0 aliphatic rings. The third-order valence-corrected chi connectivity index (χ3v) is 3.41. The lowest BCUT2D eigenvalue weighted by Crippen LogP contribution is -1.91. The minimum Gasteiger partial charge on any atom is -0.398 e. The molecule has 1 heterocycles. The normalized spacial score (nSPS) is 10.2. The van der Waals surface area contributed by atoms with Gasteiger partial charge in [-0.3, -0.25) is 0 Å². The topological polar surface area (TPSA) is 49.8 Å². The average molecular weight is 206 g/mol. The smallest absolute Gasteiger partial charge is 0.103 e. The highest BCUT2D eigenvalue weighted by Gasteiger charge is 2.08. The lowest BCUT2D eigenvalue weighted by atomic mass is 10.1. The molecule has 0 atom stereocenters. The fourth-order valence-corrected chi connectivity index (χ4v) is 2.53. The maximum Gasteiger partial charge on any atom is 0.103 e. The van der Waals surface area contributed by atoms with Crippen molar-refractivity contribution in [2.45, 2.75) is 4.90 Å². The summed E-state index contributed by atoms with van der Waals surface area (Å²) in [6.07, 6.45) is 0. The first-order chi connectivity index (χ1) is 6.24. The van der Waals surface area contributed by atoms with Crippen molar-refractivity contribution >= 4 is 39.7 Å². The molecule has 0 saturated heterocycles. The van der Waals surface area contributed by atoms with Crippen LogP contribution in [0, 0.1) is 11.3 Å². The van der Waals surface area contributed by atoms with Gasteiger partial charge in [0.25, 0.3) is 0 Å². The molecule has 0 fully saturated rings. The molecule has 2 rings (SSSR count). The van der Waals surface area contributed by atoms with E-state index in [9.17, 15) is 0 Å². The summed E-state index contributed by atoms with van der Waals surface area (Å²) in [7, 11) is 0. The highest BCUT2D eigenvalue weighted by molar-refractivity contribution is 7.80. The number of thiophene rings is 1. The van der Waals surface area contributed by atoms with E-state index in [1.165, 1.54) is 0 Å². The second kappa shape index (κ2) is 2.95. The van der Waals surface area contributed by atoms with Gasteiger partial charge in [0.15, 0.2) is 0 Å². The van der Waals surface area contributed by atoms with Crippen LogP contribution in [0.5, 0.6) is 0 Å². The second-order valence-corrected chi connectivity index (χ2v) is 4.00. The Bertz CT molecular complexity index is 508. The molecule has 2 N–H and O–H groups in total. The van der Waals surface area contributed by atoms with Gasteiger partial charge in [0.05, 0.1) is 11.3 Å². The first kappa shape index (κ1) is 8.42. The number of nitriles is 1. The maximum absolute atomic E-state index is 8.82. The van der Waals surface area contributed by atoms with E-state index in [-0.39, 0.29) is 0 Å². The fraction of sp³-hybridized carbons (Fsp3) is 0. The van der Waals surface area contributed by atoms with Gasteiger partial charge in [-0.05, 0) is 22.9 Å². The standard InChI is InChI=1S/C9H6N2S2/c10-4-6-7(11)3-5-1-2-13-9(5)8(6)12/h1-3,12H,11H2. The van der Waals surface area contributed by atoms with Gasteiger partial charge in [0.2, 0.25) is 0 Å². The second-order valence-electron chi connectivity index (χ2n) is 2.64. The number of nitrogen functional groups attached to an aromatic ring is 1. The highest BCUT2D eigenvalue weighted by Crippen LogP contribution is 2.33. The number of thiol groups is 1. The van der Waals surface area contributed by atoms with Crippen molar-refractivity contribution in [3.05, 3.63) is 23.1 Å². The van der Waals surface area contributed by atoms with Gasteiger partial charge in [-0.15, -0.1) is 24.0 Å². The third kappa shape index (κ3) is 1.17. The molecular weight excluding hydrogens is 200 g/mol. The summed E-state index contributed by atoms with van der Waals surface area (Å²) in [5, 5.41) is 11.8. The van der Waals surface area contributed by atoms with Gasteiger partial charge in [0, 0.05) is 9.60 Å². The maximum atomic E-state index is 8.82. The molecule has 2 aromatic rings. The zero-order valence-corrected chi connectivity index (χ0v) is 8.32. The van der Waals surface area contributed by atoms with Gasteiger partial charge < -0.3 is 5.73 Å². The van der Waals surface area contributed by atoms with Gasteiger partial charge >= 0.3 is 0 Å². The van der Waals surface area contributed by atoms with Crippen molar-refractivity contribution in [2.24, 2.45) is 0 Å². The molecule has 2 nitrogen and oxygen atoms in total. The molecule has 1 aromatic heterocycles. The van der Waals surface area contributed by atoms with Crippen LogP contribution in [0.4, 0.5) is 5.69 Å². The van der Waals surface area contributed by atoms with E-state index in [0.29, 0.717) is 16.1 Å². The van der Waals surface area contributed by atoms with Crippen molar-refractivity contribution < 1.29 is 0 Å². The number of hydrogen-bond acceptors (Lipinski definition) is 4. The SMILES string of the molecule is N#Cc1c(N)cc2ccsc2c1S. The minimum absolute atomic E-state index is 0.471. The molecule has 0 bridgehead atoms. The van der Waals surface area contributed by atoms with Crippen molar-refractivity contribution in [3.63, 3.8) is 0 Å². The fourth-order valence-electron chi connectivity index (χ4n) is 1.23. The number of fused-ring (bicyclic) bond motifs is 1.